The second-order valence-electron chi connectivity index (χ2n) is 4.64. The molecule has 0 fully saturated rings. The zero-order chi connectivity index (χ0) is 16.4. The lowest BCUT2D eigenvalue weighted by Crippen LogP contribution is -2.15. The van der Waals surface area contributed by atoms with Crippen LogP contribution in [0.4, 0.5) is 0 Å². The number of halogens is 2. The summed E-state index contributed by atoms with van der Waals surface area (Å²) >= 11 is 5.30. The van der Waals surface area contributed by atoms with E-state index >= 15 is 0 Å². The topological polar surface area (TPSA) is 78.9 Å². The number of aryl methyl sites for hydroxylation is 2. The minimum Gasteiger partial charge on any atom is -0.506 e. The number of nitrogens with zero attached hydrogens (tertiary/aromatic N) is 3. The van der Waals surface area contributed by atoms with E-state index in [1.165, 1.54) is 10.8 Å². The summed E-state index contributed by atoms with van der Waals surface area (Å²) in [7, 11) is 0. The molecule has 1 heterocycles. The van der Waals surface area contributed by atoms with E-state index in [4.69, 9.17) is 0 Å². The van der Waals surface area contributed by atoms with E-state index in [2.05, 4.69) is 21.0 Å². The second kappa shape index (κ2) is 6.62. The van der Waals surface area contributed by atoms with Crippen LogP contribution in [0, 0.1) is 28.7 Å². The van der Waals surface area contributed by atoms with Crippen molar-refractivity contribution in [2.45, 2.75) is 13.8 Å². The maximum atomic E-state index is 12.4. The fraction of sp³-hybridized carbons (Fsp3) is 0.133. The van der Waals surface area contributed by atoms with Gasteiger partial charge in [0.05, 0.1) is 9.26 Å². The molecule has 0 spiro atoms. The number of hydrogen-bond acceptors (Lipinski definition) is 4. The summed E-state index contributed by atoms with van der Waals surface area (Å²) in [5.74, 6) is -0.500. The van der Waals surface area contributed by atoms with E-state index in [-0.39, 0.29) is 11.3 Å². The zero-order valence-corrected chi connectivity index (χ0v) is 15.5. The molecule has 0 aliphatic heterocycles. The lowest BCUT2D eigenvalue weighted by atomic mass is 10.1. The molecule has 2 rings (SSSR count). The Morgan fingerprint density at radius 1 is 1.45 bits per heavy atom. The highest BCUT2D eigenvalue weighted by molar-refractivity contribution is 14.1. The molecule has 1 N–H and O–H groups in total. The summed E-state index contributed by atoms with van der Waals surface area (Å²) in [6.07, 6.45) is 1.36. The van der Waals surface area contributed by atoms with Gasteiger partial charge in [-0.3, -0.25) is 4.79 Å². The third-order valence-corrected chi connectivity index (χ3v) is 4.19. The summed E-state index contributed by atoms with van der Waals surface area (Å²) in [5, 5.41) is 23.4. The van der Waals surface area contributed by atoms with Crippen LogP contribution in [0.25, 0.3) is 6.08 Å². The molecule has 22 heavy (non-hydrogen) atoms. The van der Waals surface area contributed by atoms with Crippen LogP contribution in [0.3, 0.4) is 0 Å². The van der Waals surface area contributed by atoms with Gasteiger partial charge in [0.25, 0.3) is 5.91 Å². The van der Waals surface area contributed by atoms with Crippen molar-refractivity contribution < 1.29 is 9.90 Å². The van der Waals surface area contributed by atoms with Gasteiger partial charge in [-0.15, -0.1) is 0 Å². The summed E-state index contributed by atoms with van der Waals surface area (Å²) in [5.41, 5.74) is 1.64. The number of benzene rings is 1. The molecule has 1 aromatic carbocycles. The smallest absolute Gasteiger partial charge is 0.289 e. The lowest BCUT2D eigenvalue weighted by molar-refractivity contribution is 0.0944. The van der Waals surface area contributed by atoms with Gasteiger partial charge in [0.15, 0.2) is 0 Å². The van der Waals surface area contributed by atoms with Crippen molar-refractivity contribution in [2.75, 3.05) is 0 Å². The molecule has 0 bridgehead atoms. The van der Waals surface area contributed by atoms with Crippen molar-refractivity contribution in [1.82, 2.24) is 9.78 Å². The van der Waals surface area contributed by atoms with E-state index in [0.717, 1.165) is 4.47 Å². The van der Waals surface area contributed by atoms with Crippen molar-refractivity contribution in [3.05, 3.63) is 48.8 Å². The molecule has 0 radical (unpaired) electrons. The Bertz CT molecular complexity index is 834. The molecule has 2 aromatic rings. The molecule has 7 heteroatoms. The molecule has 0 saturated heterocycles. The van der Waals surface area contributed by atoms with Crippen molar-refractivity contribution in [1.29, 1.82) is 5.26 Å². The Labute approximate surface area is 149 Å². The van der Waals surface area contributed by atoms with Gasteiger partial charge in [0.1, 0.15) is 17.4 Å². The lowest BCUT2D eigenvalue weighted by Gasteiger charge is -2.05. The quantitative estimate of drug-likeness (QED) is 0.410. The Balaban J connectivity index is 2.51. The number of phenolic OH excluding ortho intramolecular Hbond substituents is 1. The molecule has 0 amide bonds. The van der Waals surface area contributed by atoms with E-state index in [1.807, 2.05) is 28.7 Å². The molecule has 5 nitrogen and oxygen atoms in total. The number of aromatic hydroxyl groups is 1. The average molecular weight is 472 g/mol. The van der Waals surface area contributed by atoms with Gasteiger partial charge in [-0.2, -0.15) is 10.4 Å². The van der Waals surface area contributed by atoms with Gasteiger partial charge < -0.3 is 5.11 Å². The minimum absolute atomic E-state index is 0.0257. The highest BCUT2D eigenvalue weighted by atomic mass is 127. The van der Waals surface area contributed by atoms with Crippen LogP contribution in [0.15, 0.2) is 28.2 Å². The maximum absolute atomic E-state index is 12.4. The van der Waals surface area contributed by atoms with E-state index < -0.39 is 5.91 Å². The molecular formula is C15H11BrIN3O2. The molecule has 1 aromatic heterocycles. The Morgan fingerprint density at radius 3 is 2.68 bits per heavy atom. The largest absolute Gasteiger partial charge is 0.506 e. The van der Waals surface area contributed by atoms with Gasteiger partial charge in [-0.1, -0.05) is 15.9 Å². The highest BCUT2D eigenvalue weighted by Gasteiger charge is 2.17. The highest BCUT2D eigenvalue weighted by Crippen LogP contribution is 2.30. The Hall–Kier alpha value is -1.66. The first-order valence-electron chi connectivity index (χ1n) is 6.21. The van der Waals surface area contributed by atoms with Gasteiger partial charge >= 0.3 is 0 Å². The number of phenols is 1. The van der Waals surface area contributed by atoms with Gasteiger partial charge in [0.2, 0.25) is 0 Å². The predicted molar refractivity (Wildman–Crippen MR) is 94.4 cm³/mol. The van der Waals surface area contributed by atoms with Gasteiger partial charge in [0, 0.05) is 15.7 Å². The molecule has 0 aliphatic rings. The normalized spacial score (nSPS) is 11.3. The zero-order valence-electron chi connectivity index (χ0n) is 11.8. The first kappa shape index (κ1) is 16.7. The number of carbonyl (C=O) groups is 1. The molecule has 112 valence electrons. The van der Waals surface area contributed by atoms with Crippen LogP contribution in [-0.4, -0.2) is 20.8 Å². The maximum Gasteiger partial charge on any atom is 0.289 e. The predicted octanol–water partition coefficient (Wildman–Crippen LogP) is 3.82. The fourth-order valence-electron chi connectivity index (χ4n) is 1.94. The average Bonchev–Trinajstić information content (AvgIpc) is 2.79. The van der Waals surface area contributed by atoms with Crippen molar-refractivity contribution in [3.8, 4) is 11.8 Å². The Kier molecular flexibility index (Phi) is 5.03. The first-order valence-corrected chi connectivity index (χ1v) is 8.08. The van der Waals surface area contributed by atoms with Crippen molar-refractivity contribution in [3.63, 3.8) is 0 Å². The monoisotopic (exact) mass is 471 g/mol. The molecule has 0 saturated carbocycles. The molecule has 0 aliphatic carbocycles. The SMILES string of the molecule is Cc1cc(C)n(C(=O)/C(C#N)=C/c2cc(Br)cc(I)c2O)n1. The number of carbonyl (C=O) groups excluding carboxylic acids is 1. The third kappa shape index (κ3) is 3.39. The molecular weight excluding hydrogens is 461 g/mol. The van der Waals surface area contributed by atoms with Crippen LogP contribution < -0.4 is 0 Å². The van der Waals surface area contributed by atoms with Crippen LogP contribution >= 0.6 is 38.5 Å². The standard InChI is InChI=1S/C15H11BrIN3O2/c1-8-3-9(2)20(19-8)15(22)11(7-18)4-10-5-12(16)6-13(17)14(10)21/h3-6,21H,1-2H3/b11-4+. The van der Waals surface area contributed by atoms with Crippen molar-refractivity contribution >= 4 is 50.5 Å². The van der Waals surface area contributed by atoms with Gasteiger partial charge in [-0.05, 0) is 60.7 Å². The second-order valence-corrected chi connectivity index (χ2v) is 6.72. The summed E-state index contributed by atoms with van der Waals surface area (Å²) in [6, 6.07) is 7.01. The van der Waals surface area contributed by atoms with Crippen LogP contribution in [-0.2, 0) is 0 Å². The summed E-state index contributed by atoms with van der Waals surface area (Å²) in [6.45, 7) is 3.52. The van der Waals surface area contributed by atoms with Gasteiger partial charge in [-0.25, -0.2) is 4.68 Å². The van der Waals surface area contributed by atoms with Crippen molar-refractivity contribution in [2.24, 2.45) is 0 Å². The first-order chi connectivity index (χ1) is 10.3. The van der Waals surface area contributed by atoms with Crippen LogP contribution in [0.5, 0.6) is 5.75 Å². The fourth-order valence-corrected chi connectivity index (χ4v) is 3.49. The third-order valence-electron chi connectivity index (χ3n) is 2.91. The van der Waals surface area contributed by atoms with E-state index in [9.17, 15) is 15.2 Å². The Morgan fingerprint density at radius 2 is 2.14 bits per heavy atom. The molecule has 0 unspecified atom stereocenters. The van der Waals surface area contributed by atoms with E-state index in [0.29, 0.717) is 20.5 Å². The number of nitriles is 1. The van der Waals surface area contributed by atoms with E-state index in [1.54, 1.807) is 32.0 Å². The van der Waals surface area contributed by atoms with Crippen LogP contribution in [0.2, 0.25) is 0 Å². The minimum atomic E-state index is -0.525. The number of rotatable bonds is 2. The number of aromatic nitrogens is 2. The number of hydrogen-bond donors (Lipinski definition) is 1. The summed E-state index contributed by atoms with van der Waals surface area (Å²) in [4.78, 5) is 12.4. The molecule has 0 atom stereocenters. The summed E-state index contributed by atoms with van der Waals surface area (Å²) < 4.78 is 2.55. The van der Waals surface area contributed by atoms with Crippen LogP contribution in [0.1, 0.15) is 21.7 Å². The number of allylic oxidation sites excluding steroid dienone is 1.